The second kappa shape index (κ2) is 5.79. The highest BCUT2D eigenvalue weighted by Gasteiger charge is 2.16. The molecule has 20 heavy (non-hydrogen) atoms. The number of aliphatic hydroxyl groups excluding tert-OH is 1. The van der Waals surface area contributed by atoms with Gasteiger partial charge in [-0.2, -0.15) is 0 Å². The molecule has 1 atom stereocenters. The van der Waals surface area contributed by atoms with Gasteiger partial charge in [-0.1, -0.05) is 34.1 Å². The van der Waals surface area contributed by atoms with Crippen LogP contribution in [0.4, 0.5) is 0 Å². The van der Waals surface area contributed by atoms with E-state index in [1.807, 2.05) is 48.5 Å². The van der Waals surface area contributed by atoms with Crippen LogP contribution in [0.2, 0.25) is 0 Å². The molecule has 1 aromatic heterocycles. The molecule has 0 saturated heterocycles. The van der Waals surface area contributed by atoms with Gasteiger partial charge in [-0.3, -0.25) is 4.98 Å². The summed E-state index contributed by atoms with van der Waals surface area (Å²) in [6.45, 7) is 0. The summed E-state index contributed by atoms with van der Waals surface area (Å²) in [5.41, 5.74) is 2.68. The van der Waals surface area contributed by atoms with Crippen molar-refractivity contribution in [2.75, 3.05) is 0 Å². The molecule has 0 spiro atoms. The molecule has 1 N–H and O–H groups in total. The molecule has 0 aliphatic rings. The van der Waals surface area contributed by atoms with Crippen LogP contribution >= 0.6 is 38.5 Å². The minimum absolute atomic E-state index is 0.660. The van der Waals surface area contributed by atoms with Gasteiger partial charge < -0.3 is 5.11 Å². The van der Waals surface area contributed by atoms with Crippen molar-refractivity contribution in [2.24, 2.45) is 0 Å². The summed E-state index contributed by atoms with van der Waals surface area (Å²) in [6.07, 6.45) is 1.11. The van der Waals surface area contributed by atoms with Gasteiger partial charge in [-0.15, -0.1) is 0 Å². The van der Waals surface area contributed by atoms with E-state index in [1.54, 1.807) is 6.20 Å². The monoisotopic (exact) mass is 439 g/mol. The molecule has 0 saturated carbocycles. The van der Waals surface area contributed by atoms with Gasteiger partial charge in [0.25, 0.3) is 0 Å². The Balaban J connectivity index is 2.17. The summed E-state index contributed by atoms with van der Waals surface area (Å²) in [4.78, 5) is 4.34. The molecule has 1 heterocycles. The lowest BCUT2D eigenvalue weighted by Gasteiger charge is -2.16. The number of benzene rings is 2. The maximum atomic E-state index is 10.7. The van der Waals surface area contributed by atoms with Crippen LogP contribution in [0.15, 0.2) is 59.2 Å². The van der Waals surface area contributed by atoms with Crippen LogP contribution in [0, 0.1) is 3.57 Å². The van der Waals surface area contributed by atoms with Crippen molar-refractivity contribution >= 4 is 49.4 Å². The smallest absolute Gasteiger partial charge is 0.106 e. The Kier molecular flexibility index (Phi) is 4.05. The number of nitrogens with zero attached hydrogens (tertiary/aromatic N) is 1. The van der Waals surface area contributed by atoms with Gasteiger partial charge in [0.2, 0.25) is 0 Å². The number of halogens is 2. The number of pyridine rings is 1. The third-order valence-electron chi connectivity index (χ3n) is 3.23. The third kappa shape index (κ3) is 2.60. The third-order valence-corrected chi connectivity index (χ3v) is 4.70. The molecular weight excluding hydrogens is 429 g/mol. The van der Waals surface area contributed by atoms with Crippen molar-refractivity contribution < 1.29 is 5.11 Å². The predicted octanol–water partition coefficient (Wildman–Crippen LogP) is 4.68. The second-order valence-electron chi connectivity index (χ2n) is 4.49. The zero-order chi connectivity index (χ0) is 14.1. The first-order valence-corrected chi connectivity index (χ1v) is 8.00. The predicted molar refractivity (Wildman–Crippen MR) is 92.7 cm³/mol. The van der Waals surface area contributed by atoms with E-state index >= 15 is 0 Å². The highest BCUT2D eigenvalue weighted by molar-refractivity contribution is 14.1. The second-order valence-corrected chi connectivity index (χ2v) is 6.56. The van der Waals surface area contributed by atoms with Crippen molar-refractivity contribution in [2.45, 2.75) is 6.10 Å². The summed E-state index contributed by atoms with van der Waals surface area (Å²) in [7, 11) is 0. The number of fused-ring (bicyclic) bond motifs is 1. The molecule has 0 bridgehead atoms. The SMILES string of the molecule is OC(c1cc(Br)ccc1I)c1cccc2ncccc12. The Hall–Kier alpha value is -0.980. The van der Waals surface area contributed by atoms with E-state index < -0.39 is 6.10 Å². The van der Waals surface area contributed by atoms with Crippen LogP contribution in [0.5, 0.6) is 0 Å². The highest BCUT2D eigenvalue weighted by atomic mass is 127. The van der Waals surface area contributed by atoms with E-state index in [-0.39, 0.29) is 0 Å². The normalized spacial score (nSPS) is 12.6. The van der Waals surface area contributed by atoms with Gasteiger partial charge in [-0.05, 0) is 64.0 Å². The summed E-state index contributed by atoms with van der Waals surface area (Å²) < 4.78 is 2.00. The fourth-order valence-electron chi connectivity index (χ4n) is 2.26. The fourth-order valence-corrected chi connectivity index (χ4v) is 3.27. The molecule has 4 heteroatoms. The lowest BCUT2D eigenvalue weighted by atomic mass is 9.98. The van der Waals surface area contributed by atoms with Crippen LogP contribution in [0.25, 0.3) is 10.9 Å². The average Bonchev–Trinajstić information content (AvgIpc) is 2.48. The van der Waals surface area contributed by atoms with Gasteiger partial charge in [0.05, 0.1) is 5.52 Å². The van der Waals surface area contributed by atoms with Crippen LogP contribution in [0.1, 0.15) is 17.2 Å². The zero-order valence-corrected chi connectivity index (χ0v) is 14.2. The maximum absolute atomic E-state index is 10.7. The van der Waals surface area contributed by atoms with Gasteiger partial charge in [-0.25, -0.2) is 0 Å². The first kappa shape index (κ1) is 14.0. The fraction of sp³-hybridized carbons (Fsp3) is 0.0625. The molecule has 0 radical (unpaired) electrons. The Labute approximate surface area is 139 Å². The molecule has 1 unspecified atom stereocenters. The number of hydrogen-bond donors (Lipinski definition) is 1. The minimum Gasteiger partial charge on any atom is -0.384 e. The molecule has 0 aliphatic carbocycles. The number of aromatic nitrogens is 1. The van der Waals surface area contributed by atoms with E-state index in [0.29, 0.717) is 0 Å². The average molecular weight is 440 g/mol. The van der Waals surface area contributed by atoms with Gasteiger partial charge in [0.1, 0.15) is 6.10 Å². The molecule has 0 fully saturated rings. The van der Waals surface area contributed by atoms with Crippen molar-refractivity contribution in [1.82, 2.24) is 4.98 Å². The van der Waals surface area contributed by atoms with Crippen molar-refractivity contribution in [3.05, 3.63) is 73.9 Å². The van der Waals surface area contributed by atoms with Gasteiger partial charge in [0, 0.05) is 19.6 Å². The largest absolute Gasteiger partial charge is 0.384 e. The molecule has 3 rings (SSSR count). The Bertz CT molecular complexity index is 770. The van der Waals surface area contributed by atoms with Gasteiger partial charge in [0.15, 0.2) is 0 Å². The molecule has 0 aliphatic heterocycles. The van der Waals surface area contributed by atoms with E-state index in [4.69, 9.17) is 0 Å². The van der Waals surface area contributed by atoms with Crippen LogP contribution in [-0.4, -0.2) is 10.1 Å². The van der Waals surface area contributed by atoms with Crippen molar-refractivity contribution in [3.8, 4) is 0 Å². The lowest BCUT2D eigenvalue weighted by Crippen LogP contribution is -2.03. The summed E-state index contributed by atoms with van der Waals surface area (Å²) >= 11 is 5.71. The van der Waals surface area contributed by atoms with E-state index in [0.717, 1.165) is 30.1 Å². The Morgan fingerprint density at radius 3 is 2.75 bits per heavy atom. The van der Waals surface area contributed by atoms with Gasteiger partial charge >= 0.3 is 0 Å². The molecule has 2 nitrogen and oxygen atoms in total. The maximum Gasteiger partial charge on any atom is 0.106 e. The first-order valence-electron chi connectivity index (χ1n) is 6.13. The van der Waals surface area contributed by atoms with E-state index in [9.17, 15) is 5.11 Å². The van der Waals surface area contributed by atoms with Crippen LogP contribution in [0.3, 0.4) is 0 Å². The van der Waals surface area contributed by atoms with Crippen LogP contribution < -0.4 is 0 Å². The quantitative estimate of drug-likeness (QED) is 0.588. The molecule has 100 valence electrons. The van der Waals surface area contributed by atoms with Crippen molar-refractivity contribution in [1.29, 1.82) is 0 Å². The topological polar surface area (TPSA) is 33.1 Å². The zero-order valence-electron chi connectivity index (χ0n) is 10.4. The van der Waals surface area contributed by atoms with Crippen LogP contribution in [-0.2, 0) is 0 Å². The Morgan fingerprint density at radius 2 is 1.90 bits per heavy atom. The summed E-state index contributed by atoms with van der Waals surface area (Å²) in [5.74, 6) is 0. The molecule has 3 aromatic rings. The van der Waals surface area contributed by atoms with E-state index in [2.05, 4.69) is 43.5 Å². The highest BCUT2D eigenvalue weighted by Crippen LogP contribution is 2.32. The summed E-state index contributed by atoms with van der Waals surface area (Å²) in [6, 6.07) is 15.6. The molecule has 2 aromatic carbocycles. The summed E-state index contributed by atoms with van der Waals surface area (Å²) in [5, 5.41) is 11.7. The van der Waals surface area contributed by atoms with Crippen molar-refractivity contribution in [3.63, 3.8) is 0 Å². The Morgan fingerprint density at radius 1 is 1.05 bits per heavy atom. The number of aliphatic hydroxyl groups is 1. The standard InChI is InChI=1S/C16H11BrINO/c17-10-6-7-14(18)13(9-10)16(20)12-3-1-5-15-11(12)4-2-8-19-15/h1-9,16,20H. The molecule has 0 amide bonds. The van der Waals surface area contributed by atoms with E-state index in [1.165, 1.54) is 0 Å². The minimum atomic E-state index is -0.660. The lowest BCUT2D eigenvalue weighted by molar-refractivity contribution is 0.221. The number of hydrogen-bond acceptors (Lipinski definition) is 2. The number of rotatable bonds is 2. The molecular formula is C16H11BrINO. The first-order chi connectivity index (χ1) is 9.66.